The van der Waals surface area contributed by atoms with Crippen molar-refractivity contribution in [3.8, 4) is 0 Å². The number of nitrogens with one attached hydrogen (secondary N) is 1. The summed E-state index contributed by atoms with van der Waals surface area (Å²) >= 11 is 1.36. The van der Waals surface area contributed by atoms with E-state index in [1.165, 1.54) is 23.5 Å². The zero-order chi connectivity index (χ0) is 13.9. The molecule has 0 aliphatic rings. The smallest absolute Gasteiger partial charge is 0.271 e. The maximum atomic E-state index is 11.6. The van der Waals surface area contributed by atoms with Gasteiger partial charge in [0, 0.05) is 18.2 Å². The van der Waals surface area contributed by atoms with Gasteiger partial charge < -0.3 is 5.32 Å². The van der Waals surface area contributed by atoms with Crippen molar-refractivity contribution in [3.05, 3.63) is 46.4 Å². The molecule has 1 amide bonds. The van der Waals surface area contributed by atoms with Crippen molar-refractivity contribution in [3.63, 3.8) is 0 Å². The Morgan fingerprint density at radius 3 is 2.53 bits per heavy atom. The second-order valence-electron chi connectivity index (χ2n) is 3.97. The van der Waals surface area contributed by atoms with Crippen molar-refractivity contribution in [2.45, 2.75) is 11.4 Å². The van der Waals surface area contributed by atoms with Gasteiger partial charge in [-0.1, -0.05) is 12.1 Å². The molecule has 2 aromatic rings. The molecule has 19 heavy (non-hydrogen) atoms. The highest BCUT2D eigenvalue weighted by molar-refractivity contribution is 7.90. The summed E-state index contributed by atoms with van der Waals surface area (Å²) in [5, 5.41) is 4.38. The Kier molecular flexibility index (Phi) is 3.96. The number of aromatic nitrogens is 1. The number of thiazole rings is 1. The Bertz CT molecular complexity index is 662. The van der Waals surface area contributed by atoms with Crippen molar-refractivity contribution < 1.29 is 13.2 Å². The minimum Gasteiger partial charge on any atom is -0.347 e. The van der Waals surface area contributed by atoms with Crippen LogP contribution in [0.2, 0.25) is 0 Å². The molecule has 1 N–H and O–H groups in total. The SMILES string of the molecule is CS(=O)(=O)c1ccc(CNC(=O)c2cscn2)cc1. The lowest BCUT2D eigenvalue weighted by Gasteiger charge is -2.04. The third kappa shape index (κ3) is 3.62. The van der Waals surface area contributed by atoms with Gasteiger partial charge in [-0.05, 0) is 17.7 Å². The molecular weight excluding hydrogens is 284 g/mol. The third-order valence-corrected chi connectivity index (χ3v) is 4.18. The minimum atomic E-state index is -3.18. The van der Waals surface area contributed by atoms with Crippen LogP contribution in [0.4, 0.5) is 0 Å². The van der Waals surface area contributed by atoms with E-state index in [4.69, 9.17) is 0 Å². The fourth-order valence-electron chi connectivity index (χ4n) is 1.45. The standard InChI is InChI=1S/C12H12N2O3S2/c1-19(16,17)10-4-2-9(3-5-10)6-13-12(15)11-7-18-8-14-11/h2-5,7-8H,6H2,1H3,(H,13,15). The van der Waals surface area contributed by atoms with Crippen LogP contribution in [-0.2, 0) is 16.4 Å². The molecule has 1 aromatic carbocycles. The summed E-state index contributed by atoms with van der Waals surface area (Å²) in [4.78, 5) is 15.8. The highest BCUT2D eigenvalue weighted by Crippen LogP contribution is 2.10. The van der Waals surface area contributed by atoms with Crippen molar-refractivity contribution in [1.82, 2.24) is 10.3 Å². The van der Waals surface area contributed by atoms with Crippen LogP contribution in [0.25, 0.3) is 0 Å². The van der Waals surface area contributed by atoms with E-state index >= 15 is 0 Å². The van der Waals surface area contributed by atoms with E-state index in [1.807, 2.05) is 0 Å². The first kappa shape index (κ1) is 13.7. The molecule has 0 unspecified atom stereocenters. The van der Waals surface area contributed by atoms with Gasteiger partial charge in [-0.2, -0.15) is 0 Å². The Hall–Kier alpha value is -1.73. The van der Waals surface area contributed by atoms with E-state index in [2.05, 4.69) is 10.3 Å². The first-order valence-electron chi connectivity index (χ1n) is 5.42. The summed E-state index contributed by atoms with van der Waals surface area (Å²) in [5.41, 5.74) is 2.81. The molecule has 1 aromatic heterocycles. The zero-order valence-electron chi connectivity index (χ0n) is 10.2. The highest BCUT2D eigenvalue weighted by atomic mass is 32.2. The van der Waals surface area contributed by atoms with Gasteiger partial charge in [-0.25, -0.2) is 13.4 Å². The maximum Gasteiger partial charge on any atom is 0.271 e. The average Bonchev–Trinajstić information content (AvgIpc) is 2.89. The van der Waals surface area contributed by atoms with Crippen LogP contribution in [0.15, 0.2) is 40.1 Å². The summed E-state index contributed by atoms with van der Waals surface area (Å²) in [6, 6.07) is 6.41. The lowest BCUT2D eigenvalue weighted by molar-refractivity contribution is 0.0946. The fourth-order valence-corrected chi connectivity index (χ4v) is 2.61. The monoisotopic (exact) mass is 296 g/mol. The fraction of sp³-hybridized carbons (Fsp3) is 0.167. The van der Waals surface area contributed by atoms with Crippen molar-refractivity contribution in [2.24, 2.45) is 0 Å². The molecule has 0 bridgehead atoms. The van der Waals surface area contributed by atoms with Crippen LogP contribution in [-0.4, -0.2) is 25.6 Å². The normalized spacial score (nSPS) is 11.2. The third-order valence-electron chi connectivity index (χ3n) is 2.47. The van der Waals surface area contributed by atoms with Crippen LogP contribution < -0.4 is 5.32 Å². The Morgan fingerprint density at radius 2 is 2.00 bits per heavy atom. The molecule has 5 nitrogen and oxygen atoms in total. The highest BCUT2D eigenvalue weighted by Gasteiger charge is 2.08. The van der Waals surface area contributed by atoms with Crippen LogP contribution >= 0.6 is 11.3 Å². The van der Waals surface area contributed by atoms with Crippen LogP contribution in [0.5, 0.6) is 0 Å². The zero-order valence-corrected chi connectivity index (χ0v) is 11.8. The first-order chi connectivity index (χ1) is 8.97. The van der Waals surface area contributed by atoms with E-state index in [9.17, 15) is 13.2 Å². The molecule has 0 spiro atoms. The molecule has 7 heteroatoms. The number of carbonyl (C=O) groups is 1. The van der Waals surface area contributed by atoms with Gasteiger partial charge in [0.25, 0.3) is 5.91 Å². The predicted molar refractivity (Wildman–Crippen MR) is 72.8 cm³/mol. The Labute approximate surface area is 115 Å². The summed E-state index contributed by atoms with van der Waals surface area (Å²) < 4.78 is 22.6. The van der Waals surface area contributed by atoms with Gasteiger partial charge >= 0.3 is 0 Å². The summed E-state index contributed by atoms with van der Waals surface area (Å²) in [6.07, 6.45) is 1.16. The molecule has 0 saturated carbocycles. The average molecular weight is 296 g/mol. The first-order valence-corrected chi connectivity index (χ1v) is 8.25. The number of sulfone groups is 1. The number of hydrogen-bond donors (Lipinski definition) is 1. The number of carbonyl (C=O) groups excluding carboxylic acids is 1. The molecule has 0 aliphatic carbocycles. The molecular formula is C12H12N2O3S2. The summed E-state index contributed by atoms with van der Waals surface area (Å²) in [6.45, 7) is 0.334. The predicted octanol–water partition coefficient (Wildman–Crippen LogP) is 1.48. The Balaban J connectivity index is 1.99. The van der Waals surface area contributed by atoms with Crippen LogP contribution in [0, 0.1) is 0 Å². The van der Waals surface area contributed by atoms with E-state index in [0.717, 1.165) is 11.8 Å². The van der Waals surface area contributed by atoms with E-state index in [-0.39, 0.29) is 10.8 Å². The molecule has 0 saturated heterocycles. The topological polar surface area (TPSA) is 76.1 Å². The van der Waals surface area contributed by atoms with Gasteiger partial charge in [0.2, 0.25) is 0 Å². The Morgan fingerprint density at radius 1 is 1.32 bits per heavy atom. The van der Waals surface area contributed by atoms with E-state index in [0.29, 0.717) is 12.2 Å². The lowest BCUT2D eigenvalue weighted by Crippen LogP contribution is -2.22. The molecule has 0 atom stereocenters. The molecule has 2 rings (SSSR count). The largest absolute Gasteiger partial charge is 0.347 e. The van der Waals surface area contributed by atoms with E-state index < -0.39 is 9.84 Å². The van der Waals surface area contributed by atoms with Gasteiger partial charge in [-0.15, -0.1) is 11.3 Å². The van der Waals surface area contributed by atoms with Gasteiger partial charge in [-0.3, -0.25) is 4.79 Å². The van der Waals surface area contributed by atoms with Gasteiger partial charge in [0.05, 0.1) is 10.4 Å². The number of amides is 1. The van der Waals surface area contributed by atoms with Crippen LogP contribution in [0.3, 0.4) is 0 Å². The number of nitrogens with zero attached hydrogens (tertiary/aromatic N) is 1. The van der Waals surface area contributed by atoms with Gasteiger partial charge in [0.15, 0.2) is 9.84 Å². The number of benzene rings is 1. The summed E-state index contributed by atoms with van der Waals surface area (Å²) in [7, 11) is -3.18. The molecule has 0 fully saturated rings. The van der Waals surface area contributed by atoms with Crippen molar-refractivity contribution >= 4 is 27.1 Å². The van der Waals surface area contributed by atoms with E-state index in [1.54, 1.807) is 23.0 Å². The second-order valence-corrected chi connectivity index (χ2v) is 6.71. The number of rotatable bonds is 4. The lowest BCUT2D eigenvalue weighted by atomic mass is 10.2. The van der Waals surface area contributed by atoms with Gasteiger partial charge in [0.1, 0.15) is 5.69 Å². The summed E-state index contributed by atoms with van der Waals surface area (Å²) in [5.74, 6) is -0.242. The molecule has 100 valence electrons. The molecule has 0 aliphatic heterocycles. The molecule has 1 heterocycles. The van der Waals surface area contributed by atoms with Crippen molar-refractivity contribution in [1.29, 1.82) is 0 Å². The minimum absolute atomic E-state index is 0.242. The number of hydrogen-bond acceptors (Lipinski definition) is 5. The maximum absolute atomic E-state index is 11.6. The second kappa shape index (κ2) is 5.50. The van der Waals surface area contributed by atoms with Crippen LogP contribution in [0.1, 0.15) is 16.1 Å². The van der Waals surface area contributed by atoms with Crippen molar-refractivity contribution in [2.75, 3.05) is 6.26 Å². The quantitative estimate of drug-likeness (QED) is 0.927. The molecule has 0 radical (unpaired) electrons.